The van der Waals surface area contributed by atoms with Gasteiger partial charge in [-0.2, -0.15) is 0 Å². The molecule has 0 fully saturated rings. The third-order valence-corrected chi connectivity index (χ3v) is 5.08. The maximum atomic E-state index is 5.96. The van der Waals surface area contributed by atoms with E-state index < -0.39 is 0 Å². The van der Waals surface area contributed by atoms with Crippen LogP contribution in [0.15, 0.2) is 29.3 Å². The van der Waals surface area contributed by atoms with Crippen molar-refractivity contribution in [1.82, 2.24) is 4.98 Å². The van der Waals surface area contributed by atoms with Gasteiger partial charge in [0, 0.05) is 17.8 Å². The number of aromatic nitrogens is 1. The molecule has 3 rings (SSSR count). The van der Waals surface area contributed by atoms with Gasteiger partial charge in [-0.25, -0.2) is 4.98 Å². The van der Waals surface area contributed by atoms with E-state index in [1.807, 2.05) is 35.6 Å². The highest BCUT2D eigenvalue weighted by molar-refractivity contribution is 14.0. The van der Waals surface area contributed by atoms with Gasteiger partial charge in [0.15, 0.2) is 5.96 Å². The van der Waals surface area contributed by atoms with E-state index in [1.54, 1.807) is 7.11 Å². The van der Waals surface area contributed by atoms with Crippen molar-refractivity contribution >= 4 is 47.0 Å². The fraction of sp³-hybridized carbons (Fsp3) is 0.412. The second-order valence-corrected chi connectivity index (χ2v) is 6.69. The van der Waals surface area contributed by atoms with Gasteiger partial charge in [0.2, 0.25) is 0 Å². The van der Waals surface area contributed by atoms with Crippen molar-refractivity contribution in [2.75, 3.05) is 19.0 Å². The Balaban J connectivity index is 0.00000208. The van der Waals surface area contributed by atoms with Crippen LogP contribution in [0.25, 0.3) is 0 Å². The zero-order chi connectivity index (χ0) is 16.1. The molecule has 0 bridgehead atoms. The molecule has 130 valence electrons. The zero-order valence-corrected chi connectivity index (χ0v) is 16.9. The van der Waals surface area contributed by atoms with Crippen LogP contribution in [0.1, 0.15) is 28.4 Å². The number of nitrogens with two attached hydrogens (primary N) is 1. The van der Waals surface area contributed by atoms with Gasteiger partial charge in [-0.05, 0) is 37.8 Å². The molecule has 5 nitrogen and oxygen atoms in total. The average molecular weight is 458 g/mol. The number of halogens is 1. The molecule has 0 atom stereocenters. The first-order valence-corrected chi connectivity index (χ1v) is 8.75. The molecular weight excluding hydrogens is 435 g/mol. The van der Waals surface area contributed by atoms with Gasteiger partial charge < -0.3 is 15.8 Å². The summed E-state index contributed by atoms with van der Waals surface area (Å²) in [6.45, 7) is 0.639. The molecule has 1 aliphatic carbocycles. The fourth-order valence-corrected chi connectivity index (χ4v) is 3.86. The summed E-state index contributed by atoms with van der Waals surface area (Å²) in [7, 11) is 1.64. The summed E-state index contributed by atoms with van der Waals surface area (Å²) in [5, 5.41) is 4.25. The summed E-state index contributed by atoms with van der Waals surface area (Å²) in [4.78, 5) is 10.6. The van der Waals surface area contributed by atoms with E-state index in [1.165, 1.54) is 34.8 Å². The van der Waals surface area contributed by atoms with Gasteiger partial charge in [-0.1, -0.05) is 12.1 Å². The summed E-state index contributed by atoms with van der Waals surface area (Å²) in [6.07, 6.45) is 5.72. The molecule has 0 amide bonds. The number of aryl methyl sites for hydroxylation is 2. The SMILES string of the molecule is COc1ccccc1NC(N)=NCCc1nc2c(s1)CCCC2.I. The van der Waals surface area contributed by atoms with Crippen molar-refractivity contribution < 1.29 is 4.74 Å². The van der Waals surface area contributed by atoms with Crippen LogP contribution < -0.4 is 15.8 Å². The molecular formula is C17H23IN4OS. The zero-order valence-electron chi connectivity index (χ0n) is 13.7. The topological polar surface area (TPSA) is 72.5 Å². The summed E-state index contributed by atoms with van der Waals surface area (Å²) >= 11 is 1.84. The minimum Gasteiger partial charge on any atom is -0.495 e. The number of para-hydroxylation sites is 2. The number of nitrogens with one attached hydrogen (secondary N) is 1. The molecule has 0 saturated heterocycles. The van der Waals surface area contributed by atoms with E-state index in [0.717, 1.165) is 24.3 Å². The van der Waals surface area contributed by atoms with Crippen LogP contribution in [0.2, 0.25) is 0 Å². The third kappa shape index (κ3) is 4.83. The molecule has 24 heavy (non-hydrogen) atoms. The van der Waals surface area contributed by atoms with Gasteiger partial charge in [-0.3, -0.25) is 4.99 Å². The lowest BCUT2D eigenvalue weighted by atomic mass is 10.0. The predicted molar refractivity (Wildman–Crippen MR) is 111 cm³/mol. The Labute approximate surface area is 163 Å². The molecule has 1 heterocycles. The molecule has 1 aliphatic rings. The monoisotopic (exact) mass is 458 g/mol. The lowest BCUT2D eigenvalue weighted by Crippen LogP contribution is -2.23. The maximum absolute atomic E-state index is 5.96. The summed E-state index contributed by atoms with van der Waals surface area (Å²) in [5.74, 6) is 1.15. The second kappa shape index (κ2) is 9.22. The minimum atomic E-state index is 0. The Bertz CT molecular complexity index is 678. The normalized spacial score (nSPS) is 13.8. The predicted octanol–water partition coefficient (Wildman–Crippen LogP) is 3.62. The number of guanidine groups is 1. The smallest absolute Gasteiger partial charge is 0.193 e. The lowest BCUT2D eigenvalue weighted by molar-refractivity contribution is 0.417. The van der Waals surface area contributed by atoms with Crippen molar-refractivity contribution in [2.24, 2.45) is 10.7 Å². The number of benzene rings is 1. The van der Waals surface area contributed by atoms with Crippen molar-refractivity contribution in [1.29, 1.82) is 0 Å². The minimum absolute atomic E-state index is 0. The average Bonchev–Trinajstić information content (AvgIpc) is 2.98. The molecule has 0 radical (unpaired) electrons. The van der Waals surface area contributed by atoms with Crippen LogP contribution >= 0.6 is 35.3 Å². The van der Waals surface area contributed by atoms with Crippen LogP contribution in [-0.2, 0) is 19.3 Å². The molecule has 3 N–H and O–H groups in total. The van der Waals surface area contributed by atoms with Crippen molar-refractivity contribution in [3.63, 3.8) is 0 Å². The van der Waals surface area contributed by atoms with Crippen LogP contribution in [0, 0.1) is 0 Å². The number of fused-ring (bicyclic) bond motifs is 1. The fourth-order valence-electron chi connectivity index (χ4n) is 2.71. The summed E-state index contributed by atoms with van der Waals surface area (Å²) < 4.78 is 5.29. The Kier molecular flexibility index (Phi) is 7.29. The number of nitrogens with zero attached hydrogens (tertiary/aromatic N) is 2. The first-order chi connectivity index (χ1) is 11.3. The van der Waals surface area contributed by atoms with E-state index in [-0.39, 0.29) is 24.0 Å². The lowest BCUT2D eigenvalue weighted by Gasteiger charge is -2.09. The molecule has 1 aromatic heterocycles. The highest BCUT2D eigenvalue weighted by Crippen LogP contribution is 2.27. The van der Waals surface area contributed by atoms with Crippen LogP contribution in [0.5, 0.6) is 5.75 Å². The first kappa shape index (κ1) is 19.0. The van der Waals surface area contributed by atoms with Gasteiger partial charge >= 0.3 is 0 Å². The maximum Gasteiger partial charge on any atom is 0.193 e. The van der Waals surface area contributed by atoms with E-state index in [9.17, 15) is 0 Å². The largest absolute Gasteiger partial charge is 0.495 e. The molecule has 0 saturated carbocycles. The van der Waals surface area contributed by atoms with Crippen molar-refractivity contribution in [3.8, 4) is 5.75 Å². The first-order valence-electron chi connectivity index (χ1n) is 7.93. The van der Waals surface area contributed by atoms with Crippen LogP contribution in [0.3, 0.4) is 0 Å². The van der Waals surface area contributed by atoms with Gasteiger partial charge in [0.05, 0.1) is 23.5 Å². The number of rotatable bonds is 5. The van der Waals surface area contributed by atoms with E-state index in [4.69, 9.17) is 15.5 Å². The number of ether oxygens (including phenoxy) is 1. The number of hydrogen-bond acceptors (Lipinski definition) is 4. The molecule has 1 aromatic carbocycles. The molecule has 2 aromatic rings. The number of methoxy groups -OCH3 is 1. The Hall–Kier alpha value is -1.35. The Morgan fingerprint density at radius 2 is 2.12 bits per heavy atom. The number of aliphatic imine (C=N–C) groups is 1. The van der Waals surface area contributed by atoms with Gasteiger partial charge in [0.1, 0.15) is 5.75 Å². The van der Waals surface area contributed by atoms with E-state index >= 15 is 0 Å². The quantitative estimate of drug-likeness (QED) is 0.408. The molecule has 7 heteroatoms. The van der Waals surface area contributed by atoms with Crippen LogP contribution in [0.4, 0.5) is 5.69 Å². The highest BCUT2D eigenvalue weighted by atomic mass is 127. The number of hydrogen-bond donors (Lipinski definition) is 2. The van der Waals surface area contributed by atoms with Crippen molar-refractivity contribution in [3.05, 3.63) is 39.8 Å². The number of thiazole rings is 1. The van der Waals surface area contributed by atoms with Gasteiger partial charge in [0.25, 0.3) is 0 Å². The molecule has 0 unspecified atom stereocenters. The third-order valence-electron chi connectivity index (χ3n) is 3.87. The van der Waals surface area contributed by atoms with Crippen LogP contribution in [-0.4, -0.2) is 24.6 Å². The number of anilines is 1. The highest BCUT2D eigenvalue weighted by Gasteiger charge is 2.14. The van der Waals surface area contributed by atoms with E-state index in [2.05, 4.69) is 10.3 Å². The second-order valence-electron chi connectivity index (χ2n) is 5.53. The standard InChI is InChI=1S/C17H22N4OS.HI/c1-22-14-8-4-2-6-12(14)21-17(18)19-11-10-16-20-13-7-3-5-9-15(13)23-16;/h2,4,6,8H,3,5,7,9-11H2,1H3,(H3,18,19,21);1H. The van der Waals surface area contributed by atoms with Crippen molar-refractivity contribution in [2.45, 2.75) is 32.1 Å². The Morgan fingerprint density at radius 1 is 1.33 bits per heavy atom. The van der Waals surface area contributed by atoms with Gasteiger partial charge in [-0.15, -0.1) is 35.3 Å². The summed E-state index contributed by atoms with van der Waals surface area (Å²) in [6, 6.07) is 7.64. The molecule has 0 aliphatic heterocycles. The van der Waals surface area contributed by atoms with E-state index in [0.29, 0.717) is 12.5 Å². The Morgan fingerprint density at radius 3 is 2.92 bits per heavy atom. The summed E-state index contributed by atoms with van der Waals surface area (Å²) in [5.41, 5.74) is 8.08. The molecule has 0 spiro atoms.